The van der Waals surface area contributed by atoms with Gasteiger partial charge in [-0.05, 0) is 54.6 Å². The van der Waals surface area contributed by atoms with E-state index in [4.69, 9.17) is 0 Å². The van der Waals surface area contributed by atoms with Crippen molar-refractivity contribution in [3.63, 3.8) is 0 Å². The number of carbonyl (C=O) groups is 1. The van der Waals surface area contributed by atoms with Crippen LogP contribution in [0.25, 0.3) is 21.5 Å². The first-order valence-corrected chi connectivity index (χ1v) is 14.1. The summed E-state index contributed by atoms with van der Waals surface area (Å²) in [6, 6.07) is 11.3. The molecule has 5 aromatic rings. The number of nitrogens with one attached hydrogen (secondary N) is 2. The molecule has 0 fully saturated rings. The number of aromatic nitrogens is 2. The SMILES string of the molecule is O=C(c1c(F)ccc(NS(=O)(=O)c2cccc(F)c2)c1F)c1c[nH]c2ncc(-c3ccc(C4=NCC=C4)s3)cc12. The van der Waals surface area contributed by atoms with E-state index in [0.717, 1.165) is 45.8 Å². The number of benzene rings is 2. The van der Waals surface area contributed by atoms with Crippen molar-refractivity contribution < 1.29 is 26.4 Å². The molecule has 12 heteroatoms. The maximum Gasteiger partial charge on any atom is 0.262 e. The zero-order valence-corrected chi connectivity index (χ0v) is 21.9. The molecule has 6 rings (SSSR count). The molecule has 2 aromatic carbocycles. The van der Waals surface area contributed by atoms with Crippen LogP contribution in [0.1, 0.15) is 20.8 Å². The van der Waals surface area contributed by atoms with Crippen molar-refractivity contribution in [3.05, 3.63) is 113 Å². The Labute approximate surface area is 229 Å². The van der Waals surface area contributed by atoms with Gasteiger partial charge in [-0.1, -0.05) is 12.1 Å². The Hall–Kier alpha value is -4.55. The molecule has 1 aliphatic rings. The number of ketones is 1. The predicted molar refractivity (Wildman–Crippen MR) is 147 cm³/mol. The van der Waals surface area contributed by atoms with Gasteiger partial charge in [0, 0.05) is 33.8 Å². The van der Waals surface area contributed by atoms with Crippen LogP contribution >= 0.6 is 11.3 Å². The van der Waals surface area contributed by atoms with Crippen molar-refractivity contribution in [2.45, 2.75) is 4.90 Å². The molecular formula is C28H17F3N4O3S2. The first-order chi connectivity index (χ1) is 19.2. The fraction of sp³-hybridized carbons (Fsp3) is 0.0357. The van der Waals surface area contributed by atoms with E-state index in [9.17, 15) is 22.0 Å². The van der Waals surface area contributed by atoms with Crippen LogP contribution in [0.5, 0.6) is 0 Å². The van der Waals surface area contributed by atoms with Crippen LogP contribution in [-0.2, 0) is 10.0 Å². The second-order valence-electron chi connectivity index (χ2n) is 8.79. The van der Waals surface area contributed by atoms with Gasteiger partial charge in [0.2, 0.25) is 5.78 Å². The molecule has 0 saturated carbocycles. The van der Waals surface area contributed by atoms with Crippen molar-refractivity contribution in [2.24, 2.45) is 4.99 Å². The van der Waals surface area contributed by atoms with Crippen molar-refractivity contribution in [1.29, 1.82) is 0 Å². The summed E-state index contributed by atoms with van der Waals surface area (Å²) in [6.45, 7) is 0.630. The van der Waals surface area contributed by atoms with Crippen molar-refractivity contribution in [3.8, 4) is 10.4 Å². The lowest BCUT2D eigenvalue weighted by molar-refractivity contribution is 0.103. The molecule has 0 saturated heterocycles. The third-order valence-corrected chi connectivity index (χ3v) is 8.75. The molecule has 200 valence electrons. The Morgan fingerprint density at radius 1 is 1.02 bits per heavy atom. The first-order valence-electron chi connectivity index (χ1n) is 11.8. The molecule has 4 heterocycles. The van der Waals surface area contributed by atoms with E-state index in [-0.39, 0.29) is 5.56 Å². The van der Waals surface area contributed by atoms with Gasteiger partial charge in [-0.15, -0.1) is 11.3 Å². The Bertz CT molecular complexity index is 2000. The number of sulfonamides is 1. The topological polar surface area (TPSA) is 104 Å². The van der Waals surface area contributed by atoms with Crippen LogP contribution in [0.3, 0.4) is 0 Å². The highest BCUT2D eigenvalue weighted by Gasteiger charge is 2.27. The molecule has 0 bridgehead atoms. The van der Waals surface area contributed by atoms with E-state index >= 15 is 4.39 Å². The third-order valence-electron chi connectivity index (χ3n) is 6.23. The number of hydrogen-bond acceptors (Lipinski definition) is 6. The van der Waals surface area contributed by atoms with Crippen LogP contribution in [0.15, 0.2) is 89.0 Å². The average molecular weight is 579 g/mol. The molecule has 2 N–H and O–H groups in total. The van der Waals surface area contributed by atoms with E-state index in [1.807, 2.05) is 29.0 Å². The van der Waals surface area contributed by atoms with Gasteiger partial charge in [-0.3, -0.25) is 14.5 Å². The number of anilines is 1. The monoisotopic (exact) mass is 578 g/mol. The lowest BCUT2D eigenvalue weighted by atomic mass is 10.0. The molecule has 0 aliphatic carbocycles. The number of carbonyl (C=O) groups excluding carboxylic acids is 1. The first kappa shape index (κ1) is 25.7. The summed E-state index contributed by atoms with van der Waals surface area (Å²) < 4.78 is 71.2. The smallest absolute Gasteiger partial charge is 0.262 e. The summed E-state index contributed by atoms with van der Waals surface area (Å²) in [5, 5.41) is 0.333. The second-order valence-corrected chi connectivity index (χ2v) is 11.6. The minimum Gasteiger partial charge on any atom is -0.345 e. The van der Waals surface area contributed by atoms with E-state index < -0.39 is 49.4 Å². The van der Waals surface area contributed by atoms with E-state index in [1.165, 1.54) is 23.6 Å². The molecule has 0 unspecified atom stereocenters. The number of fused-ring (bicyclic) bond motifs is 1. The normalized spacial score (nSPS) is 13.1. The number of hydrogen-bond donors (Lipinski definition) is 2. The number of halogens is 3. The number of H-pyrrole nitrogens is 1. The van der Waals surface area contributed by atoms with Crippen molar-refractivity contribution in [2.75, 3.05) is 11.3 Å². The minimum absolute atomic E-state index is 0.0489. The molecule has 40 heavy (non-hydrogen) atoms. The minimum atomic E-state index is -4.43. The Morgan fingerprint density at radius 3 is 2.62 bits per heavy atom. The summed E-state index contributed by atoms with van der Waals surface area (Å²) in [6.07, 6.45) is 6.82. The Kier molecular flexibility index (Phi) is 6.35. The van der Waals surface area contributed by atoms with Crippen LogP contribution < -0.4 is 4.72 Å². The summed E-state index contributed by atoms with van der Waals surface area (Å²) in [5.41, 5.74) is 0.236. The summed E-state index contributed by atoms with van der Waals surface area (Å²) in [5.74, 6) is -4.41. The number of rotatable bonds is 7. The lowest BCUT2D eigenvalue weighted by Gasteiger charge is -2.12. The molecule has 0 radical (unpaired) electrons. The van der Waals surface area contributed by atoms with Gasteiger partial charge < -0.3 is 4.98 Å². The zero-order chi connectivity index (χ0) is 28.0. The third kappa shape index (κ3) is 4.61. The highest BCUT2D eigenvalue weighted by Crippen LogP contribution is 2.33. The van der Waals surface area contributed by atoms with Gasteiger partial charge in [0.1, 0.15) is 17.3 Å². The van der Waals surface area contributed by atoms with Gasteiger partial charge in [-0.25, -0.2) is 26.6 Å². The number of pyridine rings is 1. The quantitative estimate of drug-likeness (QED) is 0.228. The van der Waals surface area contributed by atoms with Gasteiger partial charge >= 0.3 is 0 Å². The van der Waals surface area contributed by atoms with Crippen LogP contribution in [0, 0.1) is 17.5 Å². The number of nitrogens with zero attached hydrogens (tertiary/aromatic N) is 2. The maximum absolute atomic E-state index is 15.5. The molecule has 3 aromatic heterocycles. The van der Waals surface area contributed by atoms with Crippen LogP contribution in [0.2, 0.25) is 0 Å². The largest absolute Gasteiger partial charge is 0.345 e. The molecule has 0 amide bonds. The van der Waals surface area contributed by atoms with Crippen molar-refractivity contribution >= 4 is 49.6 Å². The molecule has 0 spiro atoms. The Morgan fingerprint density at radius 2 is 1.85 bits per heavy atom. The number of thiophene rings is 1. The van der Waals surface area contributed by atoms with Gasteiger partial charge in [0.15, 0.2) is 5.82 Å². The number of aliphatic imine (C=N–C) groups is 1. The highest BCUT2D eigenvalue weighted by atomic mass is 32.2. The Balaban J connectivity index is 1.36. The summed E-state index contributed by atoms with van der Waals surface area (Å²) in [7, 11) is -4.43. The summed E-state index contributed by atoms with van der Waals surface area (Å²) in [4.78, 5) is 26.4. The molecule has 7 nitrogen and oxygen atoms in total. The van der Waals surface area contributed by atoms with Crippen molar-refractivity contribution in [1.82, 2.24) is 9.97 Å². The fourth-order valence-corrected chi connectivity index (χ4v) is 6.36. The average Bonchev–Trinajstić information content (AvgIpc) is 3.70. The lowest BCUT2D eigenvalue weighted by Crippen LogP contribution is -2.16. The summed E-state index contributed by atoms with van der Waals surface area (Å²) >= 11 is 1.49. The van der Waals surface area contributed by atoms with E-state index in [2.05, 4.69) is 15.0 Å². The van der Waals surface area contributed by atoms with Gasteiger partial charge in [-0.2, -0.15) is 0 Å². The molecule has 1 aliphatic heterocycles. The fourth-order valence-electron chi connectivity index (χ4n) is 4.30. The molecular weight excluding hydrogens is 561 g/mol. The highest BCUT2D eigenvalue weighted by molar-refractivity contribution is 7.92. The van der Waals surface area contributed by atoms with Gasteiger partial charge in [0.25, 0.3) is 10.0 Å². The molecule has 0 atom stereocenters. The zero-order valence-electron chi connectivity index (χ0n) is 20.3. The van der Waals surface area contributed by atoms with E-state index in [1.54, 1.807) is 12.3 Å². The maximum atomic E-state index is 15.5. The predicted octanol–water partition coefficient (Wildman–Crippen LogP) is 6.10. The standard InChI is InChI=1S/C28H17F3N4O3S2/c29-16-3-1-4-17(12-16)40(37,38)35-22-7-6-20(30)25(26(22)31)27(36)19-14-34-28-18(19)11-15(13-33-28)23-8-9-24(39-23)21-5-2-10-32-21/h1-9,11-14,35H,10H2,(H,33,34). The number of allylic oxidation sites excluding steroid dienone is 1. The van der Waals surface area contributed by atoms with E-state index in [0.29, 0.717) is 23.1 Å². The second kappa shape index (κ2) is 9.88. The van der Waals surface area contributed by atoms with Crippen LogP contribution in [-0.4, -0.2) is 36.4 Å². The van der Waals surface area contributed by atoms with Gasteiger partial charge in [0.05, 0.1) is 33.3 Å². The number of aromatic amines is 1. The van der Waals surface area contributed by atoms with Crippen LogP contribution in [0.4, 0.5) is 18.9 Å².